The first-order chi connectivity index (χ1) is 7.83. The molecule has 0 aromatic heterocycles. The molecule has 0 aliphatic carbocycles. The largest absolute Gasteiger partial charge is 0.396 e. The molecule has 0 aromatic rings. The Hall–Kier alpha value is -0.120. The highest BCUT2D eigenvalue weighted by Gasteiger charge is 2.33. The Labute approximate surface area is 99.2 Å². The van der Waals surface area contributed by atoms with Crippen LogP contribution in [0.4, 0.5) is 0 Å². The summed E-state index contributed by atoms with van der Waals surface area (Å²) < 4.78 is 0. The van der Waals surface area contributed by atoms with Crippen LogP contribution in [0, 0.1) is 11.8 Å². The standard InChI is InChI=1S/C13H26N2O/c1-2-11(5-8-16)9-14-13-10-15-6-3-12(13)4-7-15/h11-14,16H,2-10H2,1H3. The third-order valence-electron chi connectivity index (χ3n) is 4.44. The molecule has 3 aliphatic heterocycles. The molecule has 16 heavy (non-hydrogen) atoms. The molecule has 0 radical (unpaired) electrons. The van der Waals surface area contributed by atoms with Crippen LogP contribution in [-0.4, -0.2) is 48.8 Å². The molecule has 3 aliphatic rings. The Morgan fingerprint density at radius 1 is 1.38 bits per heavy atom. The summed E-state index contributed by atoms with van der Waals surface area (Å²) in [6, 6.07) is 0.718. The SMILES string of the molecule is CCC(CCO)CNC1CN2CCC1CC2. The Bertz CT molecular complexity index is 202. The molecule has 0 aromatic carbocycles. The minimum atomic E-state index is 0.334. The van der Waals surface area contributed by atoms with Crippen molar-refractivity contribution in [3.05, 3.63) is 0 Å². The van der Waals surface area contributed by atoms with Crippen molar-refractivity contribution in [2.75, 3.05) is 32.8 Å². The first-order valence-corrected chi connectivity index (χ1v) is 6.90. The summed E-state index contributed by atoms with van der Waals surface area (Å²) in [6.45, 7) is 7.53. The van der Waals surface area contributed by atoms with Gasteiger partial charge >= 0.3 is 0 Å². The van der Waals surface area contributed by atoms with Gasteiger partial charge in [0.15, 0.2) is 0 Å². The van der Waals surface area contributed by atoms with E-state index in [0.29, 0.717) is 12.5 Å². The molecule has 0 spiro atoms. The van der Waals surface area contributed by atoms with Crippen LogP contribution in [-0.2, 0) is 0 Å². The maximum Gasteiger partial charge on any atom is 0.0434 e. The zero-order chi connectivity index (χ0) is 11.4. The number of piperidine rings is 3. The first-order valence-electron chi connectivity index (χ1n) is 6.90. The third-order valence-corrected chi connectivity index (χ3v) is 4.44. The molecular formula is C13H26N2O. The van der Waals surface area contributed by atoms with E-state index in [9.17, 15) is 0 Å². The lowest BCUT2D eigenvalue weighted by atomic mass is 9.84. The van der Waals surface area contributed by atoms with Crippen LogP contribution in [0.3, 0.4) is 0 Å². The first kappa shape index (κ1) is 12.3. The number of aliphatic hydroxyl groups is 1. The van der Waals surface area contributed by atoms with Crippen molar-refractivity contribution in [1.29, 1.82) is 0 Å². The van der Waals surface area contributed by atoms with Crippen LogP contribution in [0.5, 0.6) is 0 Å². The summed E-state index contributed by atoms with van der Waals surface area (Å²) in [6.07, 6.45) is 4.89. The molecule has 0 amide bonds. The van der Waals surface area contributed by atoms with Crippen LogP contribution < -0.4 is 5.32 Å². The maximum absolute atomic E-state index is 8.97. The molecule has 3 rings (SSSR count). The fourth-order valence-electron chi connectivity index (χ4n) is 3.15. The van der Waals surface area contributed by atoms with Gasteiger partial charge in [0.25, 0.3) is 0 Å². The topological polar surface area (TPSA) is 35.5 Å². The normalized spacial score (nSPS) is 35.2. The lowest BCUT2D eigenvalue weighted by Gasteiger charge is -2.45. The number of nitrogens with one attached hydrogen (secondary N) is 1. The quantitative estimate of drug-likeness (QED) is 0.711. The van der Waals surface area contributed by atoms with Crippen molar-refractivity contribution in [3.8, 4) is 0 Å². The lowest BCUT2D eigenvalue weighted by Crippen LogP contribution is -2.56. The van der Waals surface area contributed by atoms with E-state index in [1.54, 1.807) is 0 Å². The Balaban J connectivity index is 1.73. The molecular weight excluding hydrogens is 200 g/mol. The molecule has 2 N–H and O–H groups in total. The smallest absolute Gasteiger partial charge is 0.0434 e. The minimum Gasteiger partial charge on any atom is -0.396 e. The molecule has 2 unspecified atom stereocenters. The average Bonchev–Trinajstić information content (AvgIpc) is 2.36. The molecule has 94 valence electrons. The number of hydrogen-bond donors (Lipinski definition) is 2. The summed E-state index contributed by atoms with van der Waals surface area (Å²) in [4.78, 5) is 2.59. The van der Waals surface area contributed by atoms with Gasteiger partial charge in [-0.1, -0.05) is 13.3 Å². The second-order valence-electron chi connectivity index (χ2n) is 5.44. The number of nitrogens with zero attached hydrogens (tertiary/aromatic N) is 1. The lowest BCUT2D eigenvalue weighted by molar-refractivity contribution is 0.0699. The number of hydrogen-bond acceptors (Lipinski definition) is 3. The second-order valence-corrected chi connectivity index (χ2v) is 5.44. The van der Waals surface area contributed by atoms with Gasteiger partial charge in [0.2, 0.25) is 0 Å². The highest BCUT2D eigenvalue weighted by Crippen LogP contribution is 2.27. The van der Waals surface area contributed by atoms with E-state index in [1.807, 2.05) is 0 Å². The Morgan fingerprint density at radius 2 is 2.12 bits per heavy atom. The average molecular weight is 226 g/mol. The Morgan fingerprint density at radius 3 is 2.62 bits per heavy atom. The van der Waals surface area contributed by atoms with Gasteiger partial charge in [-0.2, -0.15) is 0 Å². The van der Waals surface area contributed by atoms with Crippen molar-refractivity contribution in [2.24, 2.45) is 11.8 Å². The van der Waals surface area contributed by atoms with Crippen molar-refractivity contribution in [3.63, 3.8) is 0 Å². The predicted molar refractivity (Wildman–Crippen MR) is 66.4 cm³/mol. The molecule has 3 heterocycles. The van der Waals surface area contributed by atoms with Crippen LogP contribution in [0.15, 0.2) is 0 Å². The van der Waals surface area contributed by atoms with Gasteiger partial charge in [0, 0.05) is 19.2 Å². The van der Waals surface area contributed by atoms with Crippen LogP contribution in [0.25, 0.3) is 0 Å². The van der Waals surface area contributed by atoms with Gasteiger partial charge in [-0.05, 0) is 50.7 Å². The fraction of sp³-hybridized carbons (Fsp3) is 1.00. The van der Waals surface area contributed by atoms with E-state index in [1.165, 1.54) is 38.9 Å². The van der Waals surface area contributed by atoms with Gasteiger partial charge < -0.3 is 15.3 Å². The molecule has 3 saturated heterocycles. The summed E-state index contributed by atoms with van der Waals surface area (Å²) in [7, 11) is 0. The minimum absolute atomic E-state index is 0.334. The predicted octanol–water partition coefficient (Wildman–Crippen LogP) is 1.08. The molecule has 2 atom stereocenters. The van der Waals surface area contributed by atoms with Gasteiger partial charge in [-0.3, -0.25) is 0 Å². The molecule has 3 heteroatoms. The molecule has 3 nitrogen and oxygen atoms in total. The summed E-state index contributed by atoms with van der Waals surface area (Å²) in [5.74, 6) is 1.57. The van der Waals surface area contributed by atoms with Gasteiger partial charge in [0.1, 0.15) is 0 Å². The summed E-state index contributed by atoms with van der Waals surface area (Å²) >= 11 is 0. The van der Waals surface area contributed by atoms with Gasteiger partial charge in [-0.25, -0.2) is 0 Å². The number of aliphatic hydroxyl groups excluding tert-OH is 1. The van der Waals surface area contributed by atoms with E-state index in [-0.39, 0.29) is 0 Å². The number of fused-ring (bicyclic) bond motifs is 3. The van der Waals surface area contributed by atoms with E-state index in [4.69, 9.17) is 5.11 Å². The highest BCUT2D eigenvalue weighted by atomic mass is 16.3. The fourth-order valence-corrected chi connectivity index (χ4v) is 3.15. The maximum atomic E-state index is 8.97. The van der Waals surface area contributed by atoms with Crippen LogP contribution in [0.2, 0.25) is 0 Å². The molecule has 0 saturated carbocycles. The second kappa shape index (κ2) is 5.99. The van der Waals surface area contributed by atoms with E-state index in [0.717, 1.165) is 24.9 Å². The van der Waals surface area contributed by atoms with E-state index in [2.05, 4.69) is 17.1 Å². The van der Waals surface area contributed by atoms with Crippen LogP contribution >= 0.6 is 0 Å². The Kier molecular flexibility index (Phi) is 4.62. The zero-order valence-electron chi connectivity index (χ0n) is 10.5. The van der Waals surface area contributed by atoms with Gasteiger partial charge in [0.05, 0.1) is 0 Å². The summed E-state index contributed by atoms with van der Waals surface area (Å²) in [5.41, 5.74) is 0. The van der Waals surface area contributed by atoms with Crippen molar-refractivity contribution < 1.29 is 5.11 Å². The number of rotatable bonds is 6. The highest BCUT2D eigenvalue weighted by molar-refractivity contribution is 4.91. The van der Waals surface area contributed by atoms with Crippen molar-refractivity contribution in [2.45, 2.75) is 38.6 Å². The summed E-state index contributed by atoms with van der Waals surface area (Å²) in [5, 5.41) is 12.7. The van der Waals surface area contributed by atoms with E-state index >= 15 is 0 Å². The van der Waals surface area contributed by atoms with Crippen molar-refractivity contribution >= 4 is 0 Å². The molecule has 3 fully saturated rings. The third kappa shape index (κ3) is 2.96. The molecule has 2 bridgehead atoms. The monoisotopic (exact) mass is 226 g/mol. The van der Waals surface area contributed by atoms with E-state index < -0.39 is 0 Å². The van der Waals surface area contributed by atoms with Crippen molar-refractivity contribution in [1.82, 2.24) is 10.2 Å². The van der Waals surface area contributed by atoms with Crippen LogP contribution in [0.1, 0.15) is 32.6 Å². The zero-order valence-corrected chi connectivity index (χ0v) is 10.5. The van der Waals surface area contributed by atoms with Gasteiger partial charge in [-0.15, -0.1) is 0 Å².